The Hall–Kier alpha value is -3.72. The first-order chi connectivity index (χ1) is 15.5. The zero-order valence-electron chi connectivity index (χ0n) is 16.9. The monoisotopic (exact) mass is 450 g/mol. The zero-order valence-corrected chi connectivity index (χ0v) is 17.7. The standard InChI is InChI=1S/C23H19FN4O3S/c24-18-8-6-16(7-9-18)12-20-22(30)27(23(31)32-20)11-10-25-21(29)13-17-14-26-28(15-17)19-4-2-1-3-5-19/h1-9,12,14-15H,10-11,13H2,(H,25,29)/b20-12-. The largest absolute Gasteiger partial charge is 0.354 e. The van der Waals surface area contributed by atoms with Crippen LogP contribution in [0.4, 0.5) is 9.18 Å². The Labute approximate surface area is 187 Å². The van der Waals surface area contributed by atoms with Gasteiger partial charge in [0.05, 0.1) is 23.2 Å². The molecular weight excluding hydrogens is 431 g/mol. The van der Waals surface area contributed by atoms with E-state index in [0.29, 0.717) is 5.56 Å². The molecule has 0 saturated carbocycles. The highest BCUT2D eigenvalue weighted by Gasteiger charge is 2.34. The Morgan fingerprint density at radius 2 is 1.84 bits per heavy atom. The molecule has 1 aromatic heterocycles. The van der Waals surface area contributed by atoms with Gasteiger partial charge in [0, 0.05) is 19.3 Å². The van der Waals surface area contributed by atoms with Gasteiger partial charge in [-0.2, -0.15) is 5.10 Å². The Balaban J connectivity index is 1.28. The summed E-state index contributed by atoms with van der Waals surface area (Å²) < 4.78 is 14.7. The Bertz CT molecular complexity index is 1180. The number of rotatable bonds is 7. The molecule has 0 aliphatic carbocycles. The van der Waals surface area contributed by atoms with E-state index in [4.69, 9.17) is 0 Å². The highest BCUT2D eigenvalue weighted by molar-refractivity contribution is 8.18. The van der Waals surface area contributed by atoms with Gasteiger partial charge in [0.15, 0.2) is 0 Å². The van der Waals surface area contributed by atoms with Crippen molar-refractivity contribution in [2.24, 2.45) is 0 Å². The Morgan fingerprint density at radius 3 is 2.59 bits per heavy atom. The number of nitrogens with one attached hydrogen (secondary N) is 1. The molecule has 1 aliphatic rings. The van der Waals surface area contributed by atoms with Crippen molar-refractivity contribution in [3.8, 4) is 5.69 Å². The van der Waals surface area contributed by atoms with E-state index in [1.54, 1.807) is 23.2 Å². The van der Waals surface area contributed by atoms with Crippen LogP contribution < -0.4 is 5.32 Å². The fourth-order valence-corrected chi connectivity index (χ4v) is 4.00. The lowest BCUT2D eigenvalue weighted by Crippen LogP contribution is -2.37. The number of carbonyl (C=O) groups is 3. The quantitative estimate of drug-likeness (QED) is 0.558. The van der Waals surface area contributed by atoms with Crippen LogP contribution in [0.15, 0.2) is 71.9 Å². The molecule has 1 N–H and O–H groups in total. The minimum Gasteiger partial charge on any atom is -0.354 e. The topological polar surface area (TPSA) is 84.3 Å². The predicted octanol–water partition coefficient (Wildman–Crippen LogP) is 3.41. The third-order valence-electron chi connectivity index (χ3n) is 4.72. The molecule has 0 radical (unpaired) electrons. The van der Waals surface area contributed by atoms with Crippen molar-refractivity contribution in [1.82, 2.24) is 20.0 Å². The predicted molar refractivity (Wildman–Crippen MR) is 119 cm³/mol. The van der Waals surface area contributed by atoms with E-state index in [1.807, 2.05) is 30.3 Å². The summed E-state index contributed by atoms with van der Waals surface area (Å²) in [4.78, 5) is 38.3. The maximum absolute atomic E-state index is 13.0. The molecule has 2 heterocycles. The van der Waals surface area contributed by atoms with Gasteiger partial charge in [-0.25, -0.2) is 9.07 Å². The van der Waals surface area contributed by atoms with Crippen molar-refractivity contribution in [1.29, 1.82) is 0 Å². The average molecular weight is 450 g/mol. The smallest absolute Gasteiger partial charge is 0.293 e. The van der Waals surface area contributed by atoms with Gasteiger partial charge in [-0.05, 0) is 53.2 Å². The van der Waals surface area contributed by atoms with Gasteiger partial charge in [0.25, 0.3) is 11.1 Å². The number of carbonyl (C=O) groups excluding carboxylic acids is 3. The first kappa shape index (κ1) is 21.5. The number of aromatic nitrogens is 2. The van der Waals surface area contributed by atoms with Crippen LogP contribution in [0, 0.1) is 5.82 Å². The number of para-hydroxylation sites is 1. The molecule has 9 heteroatoms. The summed E-state index contributed by atoms with van der Waals surface area (Å²) in [6.45, 7) is 0.216. The van der Waals surface area contributed by atoms with Gasteiger partial charge < -0.3 is 5.32 Å². The van der Waals surface area contributed by atoms with Crippen molar-refractivity contribution < 1.29 is 18.8 Å². The molecule has 162 valence electrons. The molecule has 1 aliphatic heterocycles. The van der Waals surface area contributed by atoms with Gasteiger partial charge in [-0.15, -0.1) is 0 Å². The van der Waals surface area contributed by atoms with Gasteiger partial charge in [-0.1, -0.05) is 30.3 Å². The molecule has 3 aromatic rings. The molecule has 2 aromatic carbocycles. The summed E-state index contributed by atoms with van der Waals surface area (Å²) in [6.07, 6.45) is 5.10. The van der Waals surface area contributed by atoms with Gasteiger partial charge >= 0.3 is 0 Å². The minimum atomic E-state index is -0.428. The third-order valence-corrected chi connectivity index (χ3v) is 5.63. The number of hydrogen-bond acceptors (Lipinski definition) is 5. The van der Waals surface area contributed by atoms with Crippen molar-refractivity contribution >= 4 is 34.9 Å². The second-order valence-corrected chi connectivity index (χ2v) is 8.03. The molecule has 1 saturated heterocycles. The van der Waals surface area contributed by atoms with E-state index >= 15 is 0 Å². The van der Waals surface area contributed by atoms with E-state index in [1.165, 1.54) is 24.3 Å². The molecule has 1 fully saturated rings. The highest BCUT2D eigenvalue weighted by atomic mass is 32.2. The number of hydrogen-bond donors (Lipinski definition) is 1. The van der Waals surface area contributed by atoms with Crippen LogP contribution in [-0.4, -0.2) is 44.8 Å². The lowest BCUT2D eigenvalue weighted by molar-refractivity contribution is -0.124. The molecule has 32 heavy (non-hydrogen) atoms. The molecule has 0 bridgehead atoms. The minimum absolute atomic E-state index is 0.0699. The summed E-state index contributed by atoms with van der Waals surface area (Å²) >= 11 is 0.824. The van der Waals surface area contributed by atoms with Gasteiger partial charge in [0.2, 0.25) is 5.91 Å². The second kappa shape index (κ2) is 9.61. The molecule has 3 amide bonds. The van der Waals surface area contributed by atoms with Crippen LogP contribution >= 0.6 is 11.8 Å². The van der Waals surface area contributed by atoms with E-state index in [0.717, 1.165) is 27.9 Å². The van der Waals surface area contributed by atoms with Crippen LogP contribution in [0.5, 0.6) is 0 Å². The number of thioether (sulfide) groups is 1. The van der Waals surface area contributed by atoms with Crippen molar-refractivity contribution in [3.63, 3.8) is 0 Å². The van der Waals surface area contributed by atoms with Crippen molar-refractivity contribution in [2.45, 2.75) is 6.42 Å². The van der Waals surface area contributed by atoms with Gasteiger partial charge in [0.1, 0.15) is 5.82 Å². The SMILES string of the molecule is O=C(Cc1cnn(-c2ccccc2)c1)NCCN1C(=O)S/C(=C\c2ccc(F)cc2)C1=O. The molecule has 7 nitrogen and oxygen atoms in total. The first-order valence-corrected chi connectivity index (χ1v) is 10.7. The number of benzene rings is 2. The summed E-state index contributed by atoms with van der Waals surface area (Å²) in [5, 5.41) is 6.58. The molecule has 0 unspecified atom stereocenters. The maximum Gasteiger partial charge on any atom is 0.293 e. The van der Waals surface area contributed by atoms with E-state index < -0.39 is 11.1 Å². The van der Waals surface area contributed by atoms with Crippen LogP contribution in [0.25, 0.3) is 11.8 Å². The fraction of sp³-hybridized carbons (Fsp3) is 0.130. The van der Waals surface area contributed by atoms with E-state index in [2.05, 4.69) is 10.4 Å². The highest BCUT2D eigenvalue weighted by Crippen LogP contribution is 2.31. The summed E-state index contributed by atoms with van der Waals surface area (Å²) in [7, 11) is 0. The summed E-state index contributed by atoms with van der Waals surface area (Å²) in [5.74, 6) is -1.03. The Kier molecular flexibility index (Phi) is 6.46. The lowest BCUT2D eigenvalue weighted by Gasteiger charge is -2.12. The average Bonchev–Trinajstić information content (AvgIpc) is 3.36. The van der Waals surface area contributed by atoms with Gasteiger partial charge in [-0.3, -0.25) is 19.3 Å². The lowest BCUT2D eigenvalue weighted by atomic mass is 10.2. The van der Waals surface area contributed by atoms with E-state index in [9.17, 15) is 18.8 Å². The van der Waals surface area contributed by atoms with Crippen molar-refractivity contribution in [2.75, 3.05) is 13.1 Å². The molecule has 4 rings (SSSR count). The zero-order chi connectivity index (χ0) is 22.5. The Morgan fingerprint density at radius 1 is 1.09 bits per heavy atom. The number of imide groups is 1. The first-order valence-electron chi connectivity index (χ1n) is 9.86. The van der Waals surface area contributed by atoms with Crippen LogP contribution in [0.3, 0.4) is 0 Å². The molecular formula is C23H19FN4O3S. The van der Waals surface area contributed by atoms with Crippen LogP contribution in [0.2, 0.25) is 0 Å². The number of amides is 3. The van der Waals surface area contributed by atoms with Crippen LogP contribution in [-0.2, 0) is 16.0 Å². The van der Waals surface area contributed by atoms with E-state index in [-0.39, 0.29) is 36.1 Å². The number of halogens is 1. The van der Waals surface area contributed by atoms with Crippen molar-refractivity contribution in [3.05, 3.63) is 88.8 Å². The maximum atomic E-state index is 13.0. The fourth-order valence-electron chi connectivity index (χ4n) is 3.13. The second-order valence-electron chi connectivity index (χ2n) is 7.04. The summed E-state index contributed by atoms with van der Waals surface area (Å²) in [6, 6.07) is 15.2. The molecule has 0 atom stereocenters. The third kappa shape index (κ3) is 5.12. The molecule has 0 spiro atoms. The number of nitrogens with zero attached hydrogens (tertiary/aromatic N) is 3. The normalized spacial score (nSPS) is 14.9. The summed E-state index contributed by atoms with van der Waals surface area (Å²) in [5.41, 5.74) is 2.27. The van der Waals surface area contributed by atoms with Crippen LogP contribution in [0.1, 0.15) is 11.1 Å².